The van der Waals surface area contributed by atoms with Crippen molar-refractivity contribution < 1.29 is 9.90 Å². The molecule has 1 unspecified atom stereocenters. The SMILES string of the molecule is C/C(=C\C(=O)O)NC(C)CC#N. The van der Waals surface area contributed by atoms with E-state index >= 15 is 0 Å². The van der Waals surface area contributed by atoms with E-state index in [1.54, 1.807) is 6.92 Å². The number of nitrogens with one attached hydrogen (secondary N) is 1. The number of nitrogens with zero attached hydrogens (tertiary/aromatic N) is 1. The number of aliphatic carboxylic acids is 1. The van der Waals surface area contributed by atoms with E-state index in [0.29, 0.717) is 12.1 Å². The van der Waals surface area contributed by atoms with E-state index in [2.05, 4.69) is 5.32 Å². The predicted molar refractivity (Wildman–Crippen MR) is 44.2 cm³/mol. The van der Waals surface area contributed by atoms with Gasteiger partial charge in [-0.05, 0) is 13.8 Å². The zero-order valence-corrected chi connectivity index (χ0v) is 7.16. The van der Waals surface area contributed by atoms with Crippen molar-refractivity contribution in [1.29, 1.82) is 5.26 Å². The van der Waals surface area contributed by atoms with E-state index in [4.69, 9.17) is 10.4 Å². The van der Waals surface area contributed by atoms with Crippen LogP contribution in [0.15, 0.2) is 11.8 Å². The summed E-state index contributed by atoms with van der Waals surface area (Å²) in [5.41, 5.74) is 0.560. The van der Waals surface area contributed by atoms with Gasteiger partial charge in [0.1, 0.15) is 0 Å². The summed E-state index contributed by atoms with van der Waals surface area (Å²) >= 11 is 0. The van der Waals surface area contributed by atoms with Gasteiger partial charge < -0.3 is 10.4 Å². The van der Waals surface area contributed by atoms with Crippen LogP contribution >= 0.6 is 0 Å². The summed E-state index contributed by atoms with van der Waals surface area (Å²) in [4.78, 5) is 10.2. The molecule has 0 rings (SSSR count). The Bertz CT molecular complexity index is 228. The minimum atomic E-state index is -0.982. The van der Waals surface area contributed by atoms with Gasteiger partial charge in [0.2, 0.25) is 0 Å². The zero-order chi connectivity index (χ0) is 9.56. The largest absolute Gasteiger partial charge is 0.478 e. The van der Waals surface area contributed by atoms with Crippen molar-refractivity contribution >= 4 is 5.97 Å². The van der Waals surface area contributed by atoms with Gasteiger partial charge in [-0.2, -0.15) is 5.26 Å². The fourth-order valence-corrected chi connectivity index (χ4v) is 0.803. The maximum Gasteiger partial charge on any atom is 0.330 e. The fourth-order valence-electron chi connectivity index (χ4n) is 0.803. The van der Waals surface area contributed by atoms with Gasteiger partial charge in [-0.15, -0.1) is 0 Å². The van der Waals surface area contributed by atoms with Crippen molar-refractivity contribution in [2.45, 2.75) is 26.3 Å². The van der Waals surface area contributed by atoms with Crippen LogP contribution in [0.3, 0.4) is 0 Å². The van der Waals surface area contributed by atoms with Crippen molar-refractivity contribution in [1.82, 2.24) is 5.32 Å². The third kappa shape index (κ3) is 5.30. The molecule has 66 valence electrons. The molecule has 0 aromatic carbocycles. The second kappa shape index (κ2) is 5.19. The lowest BCUT2D eigenvalue weighted by Gasteiger charge is -2.10. The molecule has 4 nitrogen and oxygen atoms in total. The maximum absolute atomic E-state index is 10.2. The number of rotatable bonds is 4. The Balaban J connectivity index is 3.93. The first-order valence-corrected chi connectivity index (χ1v) is 3.61. The van der Waals surface area contributed by atoms with Crippen LogP contribution in [0.1, 0.15) is 20.3 Å². The first kappa shape index (κ1) is 10.5. The number of allylic oxidation sites excluding steroid dienone is 1. The fraction of sp³-hybridized carbons (Fsp3) is 0.500. The number of hydrogen-bond acceptors (Lipinski definition) is 3. The third-order valence-electron chi connectivity index (χ3n) is 1.21. The Labute approximate surface area is 71.5 Å². The van der Waals surface area contributed by atoms with Crippen molar-refractivity contribution in [3.8, 4) is 6.07 Å². The molecular formula is C8H12N2O2. The third-order valence-corrected chi connectivity index (χ3v) is 1.21. The molecule has 2 N–H and O–H groups in total. The second-order valence-electron chi connectivity index (χ2n) is 2.57. The van der Waals surface area contributed by atoms with Gasteiger partial charge in [0, 0.05) is 17.8 Å². The number of hydrogen-bond donors (Lipinski definition) is 2. The van der Waals surface area contributed by atoms with Crippen LogP contribution in [-0.2, 0) is 4.79 Å². The normalized spacial score (nSPS) is 13.2. The van der Waals surface area contributed by atoms with E-state index in [1.807, 2.05) is 13.0 Å². The number of carboxylic acid groups (broad SMARTS) is 1. The summed E-state index contributed by atoms with van der Waals surface area (Å²) in [6.07, 6.45) is 1.44. The number of carboxylic acids is 1. The van der Waals surface area contributed by atoms with Crippen LogP contribution in [0, 0.1) is 11.3 Å². The Morgan fingerprint density at radius 1 is 1.83 bits per heavy atom. The molecule has 12 heavy (non-hydrogen) atoms. The molecule has 0 aliphatic heterocycles. The molecule has 0 aromatic rings. The highest BCUT2D eigenvalue weighted by atomic mass is 16.4. The molecule has 1 atom stereocenters. The standard InChI is InChI=1S/C8H12N2O2/c1-6(3-4-9)10-7(2)5-8(11)12/h5-6,10H,3H2,1-2H3,(H,11,12)/b7-5+. The van der Waals surface area contributed by atoms with Crippen molar-refractivity contribution in [3.05, 3.63) is 11.8 Å². The van der Waals surface area contributed by atoms with Gasteiger partial charge in [0.05, 0.1) is 12.5 Å². The molecule has 0 aliphatic carbocycles. The summed E-state index contributed by atoms with van der Waals surface area (Å²) in [7, 11) is 0. The number of carbonyl (C=O) groups is 1. The molecule has 0 saturated heterocycles. The average Bonchev–Trinajstić information content (AvgIpc) is 1.84. The first-order chi connectivity index (χ1) is 5.56. The van der Waals surface area contributed by atoms with Crippen molar-refractivity contribution in [2.75, 3.05) is 0 Å². The summed E-state index contributed by atoms with van der Waals surface area (Å²) in [6.45, 7) is 3.48. The highest BCUT2D eigenvalue weighted by molar-refractivity contribution is 5.80. The lowest BCUT2D eigenvalue weighted by Crippen LogP contribution is -2.24. The van der Waals surface area contributed by atoms with Crippen molar-refractivity contribution in [3.63, 3.8) is 0 Å². The van der Waals surface area contributed by atoms with Crippen LogP contribution < -0.4 is 5.32 Å². The Morgan fingerprint density at radius 2 is 2.42 bits per heavy atom. The van der Waals surface area contributed by atoms with Crippen LogP contribution in [0.5, 0.6) is 0 Å². The quantitative estimate of drug-likeness (QED) is 0.611. The topological polar surface area (TPSA) is 73.1 Å². The molecule has 0 aliphatic rings. The molecule has 0 fully saturated rings. The highest BCUT2D eigenvalue weighted by Crippen LogP contribution is 1.94. The van der Waals surface area contributed by atoms with Crippen LogP contribution in [0.4, 0.5) is 0 Å². The highest BCUT2D eigenvalue weighted by Gasteiger charge is 2.00. The summed E-state index contributed by atoms with van der Waals surface area (Å²) < 4.78 is 0. The lowest BCUT2D eigenvalue weighted by molar-refractivity contribution is -0.131. The van der Waals surface area contributed by atoms with Gasteiger partial charge >= 0.3 is 5.97 Å². The monoisotopic (exact) mass is 168 g/mol. The molecule has 0 bridgehead atoms. The Kier molecular flexibility index (Phi) is 4.54. The zero-order valence-electron chi connectivity index (χ0n) is 7.16. The maximum atomic E-state index is 10.2. The first-order valence-electron chi connectivity index (χ1n) is 3.61. The van der Waals surface area contributed by atoms with E-state index in [-0.39, 0.29) is 6.04 Å². The van der Waals surface area contributed by atoms with Gasteiger partial charge in [0.25, 0.3) is 0 Å². The van der Waals surface area contributed by atoms with Crippen LogP contribution in [0.25, 0.3) is 0 Å². The molecule has 0 heterocycles. The van der Waals surface area contributed by atoms with Gasteiger partial charge in [-0.1, -0.05) is 0 Å². The Morgan fingerprint density at radius 3 is 2.83 bits per heavy atom. The Hall–Kier alpha value is -1.50. The molecule has 0 aromatic heterocycles. The molecule has 0 saturated carbocycles. The number of nitriles is 1. The van der Waals surface area contributed by atoms with Crippen molar-refractivity contribution in [2.24, 2.45) is 0 Å². The van der Waals surface area contributed by atoms with Gasteiger partial charge in [-0.3, -0.25) is 0 Å². The van der Waals surface area contributed by atoms with E-state index in [9.17, 15) is 4.79 Å². The second-order valence-corrected chi connectivity index (χ2v) is 2.57. The molecule has 0 spiro atoms. The minimum Gasteiger partial charge on any atom is -0.478 e. The molecule has 0 radical (unpaired) electrons. The smallest absolute Gasteiger partial charge is 0.330 e. The molecule has 4 heteroatoms. The summed E-state index contributed by atoms with van der Waals surface area (Å²) in [5, 5.41) is 19.5. The van der Waals surface area contributed by atoms with E-state index in [0.717, 1.165) is 6.08 Å². The van der Waals surface area contributed by atoms with E-state index in [1.165, 1.54) is 0 Å². The summed E-state index contributed by atoms with van der Waals surface area (Å²) in [6, 6.07) is 1.98. The summed E-state index contributed by atoms with van der Waals surface area (Å²) in [5.74, 6) is -0.982. The van der Waals surface area contributed by atoms with Crippen LogP contribution in [-0.4, -0.2) is 17.1 Å². The minimum absolute atomic E-state index is 0.00870. The van der Waals surface area contributed by atoms with E-state index < -0.39 is 5.97 Å². The van der Waals surface area contributed by atoms with Gasteiger partial charge in [-0.25, -0.2) is 4.79 Å². The predicted octanol–water partition coefficient (Wildman–Crippen LogP) is 0.867. The molecule has 0 amide bonds. The van der Waals surface area contributed by atoms with Gasteiger partial charge in [0.15, 0.2) is 0 Å². The van der Waals surface area contributed by atoms with Crippen LogP contribution in [0.2, 0.25) is 0 Å². The average molecular weight is 168 g/mol. The molecular weight excluding hydrogens is 156 g/mol. The lowest BCUT2D eigenvalue weighted by atomic mass is 10.2.